The van der Waals surface area contributed by atoms with Crippen LogP contribution in [-0.4, -0.2) is 23.9 Å². The normalized spacial score (nSPS) is 14.3. The fourth-order valence-electron chi connectivity index (χ4n) is 2.13. The van der Waals surface area contributed by atoms with Gasteiger partial charge in [-0.1, -0.05) is 43.7 Å². The van der Waals surface area contributed by atoms with E-state index in [1.54, 1.807) is 4.90 Å². The van der Waals surface area contributed by atoms with Gasteiger partial charge >= 0.3 is 0 Å². The van der Waals surface area contributed by atoms with E-state index in [4.69, 9.17) is 5.73 Å². The number of hydrogen-bond acceptors (Lipinski definition) is 2. The molecule has 0 fully saturated rings. The molecule has 0 aromatic heterocycles. The van der Waals surface area contributed by atoms with Gasteiger partial charge in [0, 0.05) is 7.05 Å². The predicted octanol–water partition coefficient (Wildman–Crippen LogP) is 2.89. The number of carbonyl (C=O) groups is 1. The summed E-state index contributed by atoms with van der Waals surface area (Å²) in [5, 5.41) is 0. The van der Waals surface area contributed by atoms with E-state index in [2.05, 4.69) is 45.0 Å². The van der Waals surface area contributed by atoms with Crippen LogP contribution >= 0.6 is 0 Å². The van der Waals surface area contributed by atoms with E-state index in [1.165, 1.54) is 5.56 Å². The molecule has 1 aromatic rings. The minimum atomic E-state index is -0.405. The molecule has 2 atom stereocenters. The molecular formula is C16H26N2O. The van der Waals surface area contributed by atoms with E-state index in [0.29, 0.717) is 5.92 Å². The van der Waals surface area contributed by atoms with Crippen molar-refractivity contribution < 1.29 is 4.79 Å². The molecule has 0 aliphatic carbocycles. The van der Waals surface area contributed by atoms with Crippen LogP contribution in [0.15, 0.2) is 24.3 Å². The van der Waals surface area contributed by atoms with Gasteiger partial charge in [0.2, 0.25) is 5.91 Å². The average Bonchev–Trinajstić information content (AvgIpc) is 2.36. The minimum Gasteiger partial charge on any atom is -0.338 e. The largest absolute Gasteiger partial charge is 0.338 e. The van der Waals surface area contributed by atoms with Gasteiger partial charge < -0.3 is 10.6 Å². The van der Waals surface area contributed by atoms with E-state index < -0.39 is 6.04 Å². The lowest BCUT2D eigenvalue weighted by Gasteiger charge is -2.28. The molecule has 3 nitrogen and oxygen atoms in total. The Bertz CT molecular complexity index is 411. The van der Waals surface area contributed by atoms with Gasteiger partial charge in [-0.25, -0.2) is 0 Å². The van der Waals surface area contributed by atoms with Crippen molar-refractivity contribution in [3.8, 4) is 0 Å². The van der Waals surface area contributed by atoms with Crippen LogP contribution in [0.4, 0.5) is 0 Å². The van der Waals surface area contributed by atoms with Crippen LogP contribution in [0.3, 0.4) is 0 Å². The summed E-state index contributed by atoms with van der Waals surface area (Å²) in [4.78, 5) is 14.0. The van der Waals surface area contributed by atoms with Crippen molar-refractivity contribution in [3.63, 3.8) is 0 Å². The maximum atomic E-state index is 12.3. The molecule has 0 saturated carbocycles. The van der Waals surface area contributed by atoms with Gasteiger partial charge in [-0.05, 0) is 31.7 Å². The zero-order valence-electron chi connectivity index (χ0n) is 12.7. The van der Waals surface area contributed by atoms with Crippen LogP contribution in [0, 0.1) is 12.8 Å². The number of nitrogens with two attached hydrogens (primary N) is 1. The molecule has 1 unspecified atom stereocenters. The van der Waals surface area contributed by atoms with Crippen molar-refractivity contribution in [3.05, 3.63) is 35.4 Å². The van der Waals surface area contributed by atoms with Crippen molar-refractivity contribution in [2.45, 2.75) is 46.2 Å². The summed E-state index contributed by atoms with van der Waals surface area (Å²) in [5.41, 5.74) is 8.33. The third-order valence-corrected chi connectivity index (χ3v) is 3.53. The number of amides is 1. The van der Waals surface area contributed by atoms with Gasteiger partial charge in [0.25, 0.3) is 0 Å². The van der Waals surface area contributed by atoms with Gasteiger partial charge in [-0.2, -0.15) is 0 Å². The highest BCUT2D eigenvalue weighted by atomic mass is 16.2. The number of rotatable bonds is 5. The highest BCUT2D eigenvalue weighted by molar-refractivity contribution is 5.81. The second-order valence-corrected chi connectivity index (χ2v) is 5.77. The molecular weight excluding hydrogens is 236 g/mol. The number of benzene rings is 1. The lowest BCUT2D eigenvalue weighted by atomic mass is 10.0. The Morgan fingerprint density at radius 2 is 1.74 bits per heavy atom. The first-order valence-corrected chi connectivity index (χ1v) is 6.91. The maximum Gasteiger partial charge on any atom is 0.239 e. The van der Waals surface area contributed by atoms with Crippen molar-refractivity contribution in [1.82, 2.24) is 4.90 Å². The van der Waals surface area contributed by atoms with Gasteiger partial charge in [-0.3, -0.25) is 4.79 Å². The fourth-order valence-corrected chi connectivity index (χ4v) is 2.13. The van der Waals surface area contributed by atoms with Crippen LogP contribution in [0.25, 0.3) is 0 Å². The lowest BCUT2D eigenvalue weighted by Crippen LogP contribution is -2.43. The molecule has 0 bridgehead atoms. The zero-order valence-corrected chi connectivity index (χ0v) is 12.7. The van der Waals surface area contributed by atoms with Crippen LogP contribution < -0.4 is 5.73 Å². The summed E-state index contributed by atoms with van der Waals surface area (Å²) in [5.74, 6) is 0.448. The summed E-state index contributed by atoms with van der Waals surface area (Å²) in [6, 6.07) is 7.91. The van der Waals surface area contributed by atoms with E-state index >= 15 is 0 Å². The molecule has 3 heteroatoms. The topological polar surface area (TPSA) is 46.3 Å². The van der Waals surface area contributed by atoms with Gasteiger partial charge in [0.1, 0.15) is 0 Å². The standard InChI is InChI=1S/C16H26N2O/c1-11(2)10-15(17)16(19)18(5)13(4)14-8-6-12(3)7-9-14/h6-9,11,13,15H,10,17H2,1-5H3/t13?,15-/m1/s1. The van der Waals surface area contributed by atoms with E-state index in [-0.39, 0.29) is 11.9 Å². The predicted molar refractivity (Wildman–Crippen MR) is 79.8 cm³/mol. The Balaban J connectivity index is 2.73. The Kier molecular flexibility index (Phi) is 5.55. The summed E-state index contributed by atoms with van der Waals surface area (Å²) in [6.07, 6.45) is 0.726. The maximum absolute atomic E-state index is 12.3. The molecule has 0 aliphatic heterocycles. The monoisotopic (exact) mass is 262 g/mol. The first kappa shape index (κ1) is 15.7. The highest BCUT2D eigenvalue weighted by Crippen LogP contribution is 2.20. The van der Waals surface area contributed by atoms with E-state index in [9.17, 15) is 4.79 Å². The van der Waals surface area contributed by atoms with E-state index in [1.807, 2.05) is 14.0 Å². The van der Waals surface area contributed by atoms with Crippen LogP contribution in [-0.2, 0) is 4.79 Å². The average molecular weight is 262 g/mol. The van der Waals surface area contributed by atoms with Gasteiger partial charge in [0.05, 0.1) is 12.1 Å². The van der Waals surface area contributed by atoms with Crippen LogP contribution in [0.2, 0.25) is 0 Å². The minimum absolute atomic E-state index is 0.0155. The van der Waals surface area contributed by atoms with Gasteiger partial charge in [0.15, 0.2) is 0 Å². The lowest BCUT2D eigenvalue weighted by molar-refractivity contribution is -0.133. The number of nitrogens with zero attached hydrogens (tertiary/aromatic N) is 1. The first-order chi connectivity index (χ1) is 8.82. The molecule has 1 rings (SSSR count). The van der Waals surface area contributed by atoms with Crippen molar-refractivity contribution in [1.29, 1.82) is 0 Å². The molecule has 1 aromatic carbocycles. The number of carbonyl (C=O) groups excluding carboxylic acids is 1. The van der Waals surface area contributed by atoms with Gasteiger partial charge in [-0.15, -0.1) is 0 Å². The Morgan fingerprint density at radius 3 is 2.21 bits per heavy atom. The summed E-state index contributed by atoms with van der Waals surface area (Å²) >= 11 is 0. The molecule has 106 valence electrons. The third-order valence-electron chi connectivity index (χ3n) is 3.53. The molecule has 0 spiro atoms. The van der Waals surface area contributed by atoms with Crippen molar-refractivity contribution in [2.24, 2.45) is 11.7 Å². The summed E-state index contributed by atoms with van der Waals surface area (Å²) < 4.78 is 0. The fraction of sp³-hybridized carbons (Fsp3) is 0.562. The molecule has 19 heavy (non-hydrogen) atoms. The molecule has 0 heterocycles. The number of hydrogen-bond donors (Lipinski definition) is 1. The van der Waals surface area contributed by atoms with Crippen molar-refractivity contribution >= 4 is 5.91 Å². The highest BCUT2D eigenvalue weighted by Gasteiger charge is 2.23. The van der Waals surface area contributed by atoms with Crippen molar-refractivity contribution in [2.75, 3.05) is 7.05 Å². The molecule has 2 N–H and O–H groups in total. The first-order valence-electron chi connectivity index (χ1n) is 6.91. The molecule has 0 aliphatic rings. The third kappa shape index (κ3) is 4.35. The zero-order chi connectivity index (χ0) is 14.6. The Labute approximate surface area is 116 Å². The Hall–Kier alpha value is -1.35. The second-order valence-electron chi connectivity index (χ2n) is 5.77. The molecule has 1 amide bonds. The second kappa shape index (κ2) is 6.71. The summed E-state index contributed by atoms with van der Waals surface area (Å²) in [7, 11) is 1.83. The van der Waals surface area contributed by atoms with Crippen LogP contribution in [0.5, 0.6) is 0 Å². The van der Waals surface area contributed by atoms with E-state index in [0.717, 1.165) is 12.0 Å². The molecule has 0 saturated heterocycles. The number of likely N-dealkylation sites (N-methyl/N-ethyl adjacent to an activating group) is 1. The quantitative estimate of drug-likeness (QED) is 0.887. The number of aryl methyl sites for hydroxylation is 1. The van der Waals surface area contributed by atoms with Crippen LogP contribution in [0.1, 0.15) is 44.4 Å². The smallest absolute Gasteiger partial charge is 0.239 e. The summed E-state index contributed by atoms with van der Waals surface area (Å²) in [6.45, 7) is 8.25. The molecule has 0 radical (unpaired) electrons. The Morgan fingerprint density at radius 1 is 1.21 bits per heavy atom. The SMILES string of the molecule is Cc1ccc(C(C)N(C)C(=O)[C@H](N)CC(C)C)cc1.